The van der Waals surface area contributed by atoms with E-state index in [0.29, 0.717) is 17.3 Å². The lowest BCUT2D eigenvalue weighted by Gasteiger charge is -2.17. The van der Waals surface area contributed by atoms with Gasteiger partial charge in [0.15, 0.2) is 5.69 Å². The van der Waals surface area contributed by atoms with Gasteiger partial charge in [0.25, 0.3) is 17.4 Å². The van der Waals surface area contributed by atoms with Gasteiger partial charge in [-0.2, -0.15) is 5.10 Å². The van der Waals surface area contributed by atoms with Crippen LogP contribution in [-0.4, -0.2) is 34.0 Å². The Bertz CT molecular complexity index is 943. The molecule has 0 saturated heterocycles. The molecule has 0 atom stereocenters. The van der Waals surface area contributed by atoms with Crippen LogP contribution in [0.2, 0.25) is 0 Å². The van der Waals surface area contributed by atoms with Gasteiger partial charge in [-0.15, -0.1) is 0 Å². The second-order valence-electron chi connectivity index (χ2n) is 6.95. The van der Waals surface area contributed by atoms with Gasteiger partial charge in [0.05, 0.1) is 11.9 Å². The first-order valence-corrected chi connectivity index (χ1v) is 8.52. The maximum absolute atomic E-state index is 12.4. The fourth-order valence-corrected chi connectivity index (χ4v) is 2.27. The fraction of sp³-hybridized carbons (Fsp3) is 0.389. The molecule has 2 rings (SSSR count). The van der Waals surface area contributed by atoms with Crippen LogP contribution in [0.15, 0.2) is 29.1 Å². The lowest BCUT2D eigenvalue weighted by atomic mass is 9.96. The molecule has 3 N–H and O–H groups in total. The number of aromatic nitrogens is 2. The lowest BCUT2D eigenvalue weighted by molar-refractivity contribution is -0.131. The van der Waals surface area contributed by atoms with E-state index in [-0.39, 0.29) is 23.7 Å². The quantitative estimate of drug-likeness (QED) is 0.667. The van der Waals surface area contributed by atoms with E-state index in [0.717, 1.165) is 0 Å². The highest BCUT2D eigenvalue weighted by molar-refractivity contribution is 6.05. The van der Waals surface area contributed by atoms with E-state index in [1.54, 1.807) is 52.0 Å². The number of hydrogen-bond donors (Lipinski definition) is 3. The Morgan fingerprint density at radius 1 is 1.07 bits per heavy atom. The van der Waals surface area contributed by atoms with Crippen molar-refractivity contribution in [2.24, 2.45) is 5.41 Å². The third-order valence-corrected chi connectivity index (χ3v) is 3.79. The van der Waals surface area contributed by atoms with Crippen molar-refractivity contribution in [3.8, 4) is 0 Å². The minimum atomic E-state index is -0.663. The topological polar surface area (TPSA) is 122 Å². The first-order valence-electron chi connectivity index (χ1n) is 8.52. The number of carbonyl (C=O) groups is 3. The predicted octanol–water partition coefficient (Wildman–Crippen LogP) is 0.340. The SMILES string of the molecule is CCn1nc(C(=O)NNC(=O)CNC(=O)C(C)(C)C)c2ccccc2c1=O. The Balaban J connectivity index is 2.11. The lowest BCUT2D eigenvalue weighted by Crippen LogP contribution is -2.48. The van der Waals surface area contributed by atoms with E-state index >= 15 is 0 Å². The Morgan fingerprint density at radius 3 is 2.30 bits per heavy atom. The van der Waals surface area contributed by atoms with Crippen LogP contribution in [0.4, 0.5) is 0 Å². The number of carbonyl (C=O) groups excluding carboxylic acids is 3. The average molecular weight is 373 g/mol. The molecule has 27 heavy (non-hydrogen) atoms. The van der Waals surface area contributed by atoms with Gasteiger partial charge in [-0.25, -0.2) is 4.68 Å². The molecule has 9 nitrogen and oxygen atoms in total. The van der Waals surface area contributed by atoms with Crippen LogP contribution in [0.25, 0.3) is 10.8 Å². The normalized spacial score (nSPS) is 11.1. The van der Waals surface area contributed by atoms with Crippen LogP contribution in [0.1, 0.15) is 38.2 Å². The van der Waals surface area contributed by atoms with Crippen molar-refractivity contribution >= 4 is 28.5 Å². The van der Waals surface area contributed by atoms with Crippen molar-refractivity contribution in [2.45, 2.75) is 34.2 Å². The Labute approximate surface area is 156 Å². The molecule has 3 amide bonds. The molecule has 9 heteroatoms. The molecule has 0 unspecified atom stereocenters. The molecule has 0 aliphatic heterocycles. The van der Waals surface area contributed by atoms with Gasteiger partial charge in [-0.3, -0.25) is 30.0 Å². The van der Waals surface area contributed by atoms with E-state index in [1.807, 2.05) is 0 Å². The summed E-state index contributed by atoms with van der Waals surface area (Å²) in [5, 5.41) is 7.31. The third kappa shape index (κ3) is 4.69. The van der Waals surface area contributed by atoms with Crippen LogP contribution < -0.4 is 21.7 Å². The zero-order valence-electron chi connectivity index (χ0n) is 15.8. The van der Waals surface area contributed by atoms with Crippen molar-refractivity contribution < 1.29 is 14.4 Å². The van der Waals surface area contributed by atoms with Crippen LogP contribution >= 0.6 is 0 Å². The highest BCUT2D eigenvalue weighted by Crippen LogP contribution is 2.13. The van der Waals surface area contributed by atoms with Crippen molar-refractivity contribution in [2.75, 3.05) is 6.54 Å². The molecule has 0 aliphatic rings. The number of hydrogen-bond acceptors (Lipinski definition) is 5. The third-order valence-electron chi connectivity index (χ3n) is 3.79. The van der Waals surface area contributed by atoms with Crippen molar-refractivity contribution in [3.05, 3.63) is 40.3 Å². The van der Waals surface area contributed by atoms with Crippen LogP contribution in [0.5, 0.6) is 0 Å². The molecule has 2 aromatic rings. The maximum Gasteiger partial charge on any atom is 0.290 e. The van der Waals surface area contributed by atoms with Gasteiger partial charge in [0.1, 0.15) is 0 Å². The number of nitrogens with zero attached hydrogens (tertiary/aromatic N) is 2. The highest BCUT2D eigenvalue weighted by atomic mass is 16.2. The summed E-state index contributed by atoms with van der Waals surface area (Å²) in [5.41, 5.74) is 3.58. The van der Waals surface area contributed by atoms with Gasteiger partial charge in [0.2, 0.25) is 5.91 Å². The summed E-state index contributed by atoms with van der Waals surface area (Å²) in [4.78, 5) is 48.3. The van der Waals surface area contributed by atoms with E-state index < -0.39 is 17.2 Å². The van der Waals surface area contributed by atoms with E-state index in [9.17, 15) is 19.2 Å². The maximum atomic E-state index is 12.4. The molecule has 0 bridgehead atoms. The molecule has 1 aromatic heterocycles. The smallest absolute Gasteiger partial charge is 0.290 e. The number of amides is 3. The molecular weight excluding hydrogens is 350 g/mol. The zero-order chi connectivity index (χ0) is 20.2. The van der Waals surface area contributed by atoms with Crippen molar-refractivity contribution in [1.82, 2.24) is 25.9 Å². The second kappa shape index (κ2) is 7.98. The van der Waals surface area contributed by atoms with Gasteiger partial charge in [0, 0.05) is 17.3 Å². The van der Waals surface area contributed by atoms with E-state index in [4.69, 9.17) is 0 Å². The summed E-state index contributed by atoms with van der Waals surface area (Å²) in [5.74, 6) is -1.54. The summed E-state index contributed by atoms with van der Waals surface area (Å²) in [6.07, 6.45) is 0. The molecule has 144 valence electrons. The number of fused-ring (bicyclic) bond motifs is 1. The average Bonchev–Trinajstić information content (AvgIpc) is 2.63. The van der Waals surface area contributed by atoms with Crippen LogP contribution in [0, 0.1) is 5.41 Å². The zero-order valence-corrected chi connectivity index (χ0v) is 15.8. The molecule has 0 aliphatic carbocycles. The molecule has 1 aromatic carbocycles. The van der Waals surface area contributed by atoms with Gasteiger partial charge in [-0.05, 0) is 13.0 Å². The standard InChI is InChI=1S/C18H23N5O4/c1-5-23-16(26)12-9-7-6-8-11(12)14(22-23)15(25)21-20-13(24)10-19-17(27)18(2,3)4/h6-9H,5,10H2,1-4H3,(H,19,27)(H,20,24)(H,21,25). The summed E-state index contributed by atoms with van der Waals surface area (Å²) in [6, 6.07) is 6.62. The number of hydrazine groups is 1. The molecule has 1 heterocycles. The fourth-order valence-electron chi connectivity index (χ4n) is 2.27. The van der Waals surface area contributed by atoms with Gasteiger partial charge in [-0.1, -0.05) is 39.0 Å². The predicted molar refractivity (Wildman–Crippen MR) is 99.8 cm³/mol. The van der Waals surface area contributed by atoms with Gasteiger partial charge >= 0.3 is 0 Å². The molecule has 0 spiro atoms. The first-order chi connectivity index (χ1) is 12.6. The van der Waals surface area contributed by atoms with E-state index in [1.165, 1.54) is 4.68 Å². The highest BCUT2D eigenvalue weighted by Gasteiger charge is 2.22. The minimum Gasteiger partial charge on any atom is -0.347 e. The van der Waals surface area contributed by atoms with Crippen LogP contribution in [-0.2, 0) is 16.1 Å². The Morgan fingerprint density at radius 2 is 1.70 bits per heavy atom. The summed E-state index contributed by atoms with van der Waals surface area (Å²) in [7, 11) is 0. The Kier molecular flexibility index (Phi) is 5.94. The summed E-state index contributed by atoms with van der Waals surface area (Å²) >= 11 is 0. The van der Waals surface area contributed by atoms with Crippen LogP contribution in [0.3, 0.4) is 0 Å². The molecule has 0 saturated carbocycles. The number of benzene rings is 1. The summed E-state index contributed by atoms with van der Waals surface area (Å²) in [6.45, 7) is 6.93. The van der Waals surface area contributed by atoms with Gasteiger partial charge < -0.3 is 5.32 Å². The van der Waals surface area contributed by atoms with Crippen molar-refractivity contribution in [1.29, 1.82) is 0 Å². The molecule has 0 radical (unpaired) electrons. The number of aryl methyl sites for hydroxylation is 1. The van der Waals surface area contributed by atoms with Crippen molar-refractivity contribution in [3.63, 3.8) is 0 Å². The number of nitrogens with one attached hydrogen (secondary N) is 3. The number of rotatable bonds is 4. The largest absolute Gasteiger partial charge is 0.347 e. The Hall–Kier alpha value is -3.23. The molecular formula is C18H23N5O4. The van der Waals surface area contributed by atoms with E-state index in [2.05, 4.69) is 21.3 Å². The minimum absolute atomic E-state index is 0.0195. The first kappa shape index (κ1) is 20.1. The molecule has 0 fully saturated rings. The summed E-state index contributed by atoms with van der Waals surface area (Å²) < 4.78 is 1.18. The monoisotopic (exact) mass is 373 g/mol. The second-order valence-corrected chi connectivity index (χ2v) is 6.95.